The van der Waals surface area contributed by atoms with Crippen LogP contribution >= 0.6 is 0 Å². The Bertz CT molecular complexity index is 840. The maximum atomic E-state index is 11.4. The smallest absolute Gasteiger partial charge is 0.250 e. The van der Waals surface area contributed by atoms with Crippen molar-refractivity contribution in [3.8, 4) is 0 Å². The molecule has 27 heavy (non-hydrogen) atoms. The van der Waals surface area contributed by atoms with Gasteiger partial charge in [0.1, 0.15) is 5.82 Å². The number of rotatable bonds is 3. The van der Waals surface area contributed by atoms with Crippen LogP contribution in [-0.4, -0.2) is 47.5 Å². The van der Waals surface area contributed by atoms with E-state index in [2.05, 4.69) is 46.0 Å². The molecule has 2 bridgehead atoms. The third kappa shape index (κ3) is 2.72. The molecule has 5 heterocycles. The fourth-order valence-corrected chi connectivity index (χ4v) is 5.49. The maximum Gasteiger partial charge on any atom is 0.250 e. The van der Waals surface area contributed by atoms with Crippen LogP contribution in [0.25, 0.3) is 0 Å². The molecule has 0 aliphatic carbocycles. The molecule has 0 radical (unpaired) electrons. The van der Waals surface area contributed by atoms with Crippen molar-refractivity contribution in [1.82, 2.24) is 9.88 Å². The van der Waals surface area contributed by atoms with Gasteiger partial charge in [-0.1, -0.05) is 29.8 Å². The van der Waals surface area contributed by atoms with E-state index in [0.29, 0.717) is 23.6 Å². The van der Waals surface area contributed by atoms with Crippen LogP contribution < -0.4 is 10.6 Å². The van der Waals surface area contributed by atoms with Gasteiger partial charge in [-0.15, -0.1) is 0 Å². The van der Waals surface area contributed by atoms with E-state index in [-0.39, 0.29) is 0 Å². The Hall–Kier alpha value is -2.40. The lowest BCUT2D eigenvalue weighted by molar-refractivity contribution is 0.0354. The highest BCUT2D eigenvalue weighted by atomic mass is 16.1. The van der Waals surface area contributed by atoms with Crippen LogP contribution in [0.15, 0.2) is 42.6 Å². The molecule has 140 valence electrons. The summed E-state index contributed by atoms with van der Waals surface area (Å²) in [5.41, 5.74) is 8.59. The number of hydrogen-bond acceptors (Lipinski definition) is 4. The maximum absolute atomic E-state index is 11.4. The van der Waals surface area contributed by atoms with Crippen LogP contribution in [-0.2, 0) is 0 Å². The Morgan fingerprint density at radius 3 is 2.44 bits per heavy atom. The van der Waals surface area contributed by atoms with Crippen LogP contribution in [0.3, 0.4) is 0 Å². The number of primary amides is 1. The number of nitrogens with two attached hydrogens (primary N) is 1. The van der Waals surface area contributed by atoms with Crippen LogP contribution in [0, 0.1) is 12.8 Å². The second-order valence-corrected chi connectivity index (χ2v) is 8.29. The van der Waals surface area contributed by atoms with Gasteiger partial charge in [-0.25, -0.2) is 4.98 Å². The summed E-state index contributed by atoms with van der Waals surface area (Å²) in [5.74, 6) is 1.77. The normalized spacial score (nSPS) is 31.7. The predicted octanol–water partition coefficient (Wildman–Crippen LogP) is 2.56. The van der Waals surface area contributed by atoms with Crippen molar-refractivity contribution >= 4 is 11.7 Å². The van der Waals surface area contributed by atoms with Gasteiger partial charge in [-0.3, -0.25) is 9.69 Å². The number of anilines is 1. The minimum absolute atomic E-state index is 0.422. The molecule has 1 amide bonds. The van der Waals surface area contributed by atoms with E-state index in [9.17, 15) is 4.79 Å². The number of fused-ring (bicyclic) bond motifs is 2. The van der Waals surface area contributed by atoms with E-state index in [1.807, 2.05) is 6.07 Å². The van der Waals surface area contributed by atoms with Gasteiger partial charge >= 0.3 is 0 Å². The molecule has 5 heteroatoms. The fraction of sp³-hybridized carbons (Fsp3) is 0.455. The van der Waals surface area contributed by atoms with Gasteiger partial charge in [-0.2, -0.15) is 0 Å². The van der Waals surface area contributed by atoms with Crippen LogP contribution in [0.2, 0.25) is 0 Å². The third-order valence-electron chi connectivity index (χ3n) is 6.83. The number of pyridine rings is 1. The Kier molecular flexibility index (Phi) is 3.93. The Labute approximate surface area is 160 Å². The number of benzene rings is 1. The van der Waals surface area contributed by atoms with Gasteiger partial charge in [-0.05, 0) is 56.5 Å². The van der Waals surface area contributed by atoms with E-state index in [1.165, 1.54) is 37.1 Å². The number of nitrogens with zero attached hydrogens (tertiary/aromatic N) is 3. The van der Waals surface area contributed by atoms with Gasteiger partial charge in [0.2, 0.25) is 5.91 Å². The molecule has 0 spiro atoms. The summed E-state index contributed by atoms with van der Waals surface area (Å²) < 4.78 is 0. The highest BCUT2D eigenvalue weighted by Gasteiger charge is 2.53. The first-order chi connectivity index (χ1) is 13.1. The first-order valence-corrected chi connectivity index (χ1v) is 9.95. The summed E-state index contributed by atoms with van der Waals surface area (Å²) in [4.78, 5) is 21.2. The molecule has 4 saturated heterocycles. The van der Waals surface area contributed by atoms with E-state index in [4.69, 9.17) is 5.73 Å². The third-order valence-corrected chi connectivity index (χ3v) is 6.83. The zero-order valence-corrected chi connectivity index (χ0v) is 15.7. The molecule has 1 aromatic carbocycles. The van der Waals surface area contributed by atoms with Crippen LogP contribution in [0.1, 0.15) is 40.2 Å². The zero-order valence-electron chi connectivity index (χ0n) is 15.7. The summed E-state index contributed by atoms with van der Waals surface area (Å²) in [6, 6.07) is 13.9. The van der Waals surface area contributed by atoms with Crippen LogP contribution in [0.5, 0.6) is 0 Å². The Morgan fingerprint density at radius 2 is 1.81 bits per heavy atom. The molecule has 1 aromatic heterocycles. The average molecular weight is 362 g/mol. The number of aryl methyl sites for hydroxylation is 1. The molecule has 0 saturated carbocycles. The molecule has 4 fully saturated rings. The van der Waals surface area contributed by atoms with Crippen molar-refractivity contribution in [2.45, 2.75) is 37.8 Å². The molecule has 6 rings (SSSR count). The lowest BCUT2D eigenvalue weighted by Gasteiger charge is -2.51. The average Bonchev–Trinajstić information content (AvgIpc) is 3.12. The van der Waals surface area contributed by atoms with Gasteiger partial charge in [0.15, 0.2) is 0 Å². The summed E-state index contributed by atoms with van der Waals surface area (Å²) in [6.45, 7) is 5.56. The van der Waals surface area contributed by atoms with Gasteiger partial charge in [0.25, 0.3) is 0 Å². The van der Waals surface area contributed by atoms with Gasteiger partial charge in [0.05, 0.1) is 5.56 Å². The quantitative estimate of drug-likeness (QED) is 0.911. The Morgan fingerprint density at radius 1 is 1.07 bits per heavy atom. The predicted molar refractivity (Wildman–Crippen MR) is 106 cm³/mol. The topological polar surface area (TPSA) is 62.5 Å². The van der Waals surface area contributed by atoms with Gasteiger partial charge < -0.3 is 10.6 Å². The Balaban J connectivity index is 1.52. The van der Waals surface area contributed by atoms with Crippen molar-refractivity contribution in [2.75, 3.05) is 24.5 Å². The number of hydrogen-bond donors (Lipinski definition) is 1. The molecule has 3 atom stereocenters. The monoisotopic (exact) mass is 362 g/mol. The van der Waals surface area contributed by atoms with Crippen LogP contribution in [0.4, 0.5) is 5.82 Å². The number of carbonyl (C=O) groups excluding carboxylic acids is 1. The molecule has 2 aromatic rings. The fourth-order valence-electron chi connectivity index (χ4n) is 5.49. The van der Waals surface area contributed by atoms with E-state index in [1.54, 1.807) is 12.3 Å². The number of piperidine rings is 3. The molecule has 5 nitrogen and oxygen atoms in total. The minimum Gasteiger partial charge on any atom is -0.366 e. The van der Waals surface area contributed by atoms with Gasteiger partial charge in [0, 0.05) is 30.7 Å². The first-order valence-electron chi connectivity index (χ1n) is 9.95. The largest absolute Gasteiger partial charge is 0.366 e. The SMILES string of the molecule is Cc1ccc([C@@H]2CN(c3ccc(C(N)=O)cn3)[C@H]3C4CCN(CC4)[C@@H]23)cc1. The lowest BCUT2D eigenvalue weighted by Crippen LogP contribution is -2.60. The molecule has 4 aliphatic rings. The first kappa shape index (κ1) is 16.8. The van der Waals surface area contributed by atoms with Crippen molar-refractivity contribution in [1.29, 1.82) is 0 Å². The standard InChI is InChI=1S/C22H26N4O/c1-14-2-4-15(5-3-14)18-13-26(19-7-6-17(12-24-19)22(23)27)20-16-8-10-25(11-9-16)21(18)20/h2-7,12,16,18,20-21H,8-11,13H2,1H3,(H2,23,27)/t18-,20-,21-/m0/s1. The van der Waals surface area contributed by atoms with E-state index >= 15 is 0 Å². The second-order valence-electron chi connectivity index (χ2n) is 8.29. The zero-order chi connectivity index (χ0) is 18.5. The molecular formula is C22H26N4O. The van der Waals surface area contributed by atoms with E-state index < -0.39 is 5.91 Å². The summed E-state index contributed by atoms with van der Waals surface area (Å²) in [7, 11) is 0. The lowest BCUT2D eigenvalue weighted by atomic mass is 9.75. The number of amides is 1. The molecule has 4 aliphatic heterocycles. The van der Waals surface area contributed by atoms with Crippen molar-refractivity contribution in [2.24, 2.45) is 11.7 Å². The summed E-state index contributed by atoms with van der Waals surface area (Å²) >= 11 is 0. The molecular weight excluding hydrogens is 336 g/mol. The second kappa shape index (κ2) is 6.34. The minimum atomic E-state index is -0.422. The van der Waals surface area contributed by atoms with Crippen molar-refractivity contribution in [3.05, 3.63) is 59.3 Å². The summed E-state index contributed by atoms with van der Waals surface area (Å²) in [5, 5.41) is 0. The van der Waals surface area contributed by atoms with Crippen molar-refractivity contribution in [3.63, 3.8) is 0 Å². The van der Waals surface area contributed by atoms with E-state index in [0.717, 1.165) is 18.3 Å². The molecule has 2 N–H and O–H groups in total. The summed E-state index contributed by atoms with van der Waals surface area (Å²) in [6.07, 6.45) is 4.17. The highest BCUT2D eigenvalue weighted by molar-refractivity contribution is 5.92. The highest BCUT2D eigenvalue weighted by Crippen LogP contribution is 2.47. The number of carbonyl (C=O) groups is 1. The number of aromatic nitrogens is 1. The molecule has 0 unspecified atom stereocenters. The van der Waals surface area contributed by atoms with Crippen molar-refractivity contribution < 1.29 is 4.79 Å².